The van der Waals surface area contributed by atoms with E-state index in [0.29, 0.717) is 28.9 Å². The Morgan fingerprint density at radius 1 is 0.969 bits per heavy atom. The molecule has 1 aromatic heterocycles. The lowest BCUT2D eigenvalue weighted by atomic mass is 9.74. The number of nitrogens with one attached hydrogen (secondary N) is 2. The van der Waals surface area contributed by atoms with Crippen LogP contribution in [-0.4, -0.2) is 11.6 Å². The molecule has 0 saturated heterocycles. The highest BCUT2D eigenvalue weighted by molar-refractivity contribution is 6.10. The predicted molar refractivity (Wildman–Crippen MR) is 125 cm³/mol. The second kappa shape index (κ2) is 7.52. The fraction of sp³-hybridized carbons (Fsp3) is 0.259. The Hall–Kier alpha value is -3.60. The summed E-state index contributed by atoms with van der Waals surface area (Å²) >= 11 is 0. The molecule has 1 aliphatic heterocycles. The highest BCUT2D eigenvalue weighted by Gasteiger charge is 2.39. The molecule has 0 unspecified atom stereocenters. The summed E-state index contributed by atoms with van der Waals surface area (Å²) < 4.78 is 5.93. The van der Waals surface area contributed by atoms with Gasteiger partial charge in [0.1, 0.15) is 17.6 Å². The normalized spacial score (nSPS) is 19.3. The number of fused-ring (bicyclic) bond motifs is 1. The molecule has 2 N–H and O–H groups in total. The van der Waals surface area contributed by atoms with Gasteiger partial charge in [0.05, 0.1) is 11.4 Å². The van der Waals surface area contributed by atoms with Crippen LogP contribution in [0.4, 0.5) is 11.4 Å². The number of anilines is 2. The minimum absolute atomic E-state index is 0.0353. The lowest BCUT2D eigenvalue weighted by Gasteiger charge is -2.33. The number of ketones is 2. The first kappa shape index (κ1) is 20.3. The van der Waals surface area contributed by atoms with E-state index in [4.69, 9.17) is 4.42 Å². The fourth-order valence-electron chi connectivity index (χ4n) is 4.66. The van der Waals surface area contributed by atoms with Gasteiger partial charge in [-0.1, -0.05) is 44.2 Å². The van der Waals surface area contributed by atoms with E-state index in [1.54, 1.807) is 0 Å². The van der Waals surface area contributed by atoms with Crippen LogP contribution in [0, 0.1) is 12.3 Å². The first-order chi connectivity index (χ1) is 15.3. The minimum Gasteiger partial charge on any atom is -0.464 e. The average Bonchev–Trinajstić information content (AvgIpc) is 3.11. The molecule has 162 valence electrons. The molecule has 32 heavy (non-hydrogen) atoms. The van der Waals surface area contributed by atoms with Crippen molar-refractivity contribution in [2.75, 3.05) is 10.6 Å². The van der Waals surface area contributed by atoms with Gasteiger partial charge < -0.3 is 15.1 Å². The van der Waals surface area contributed by atoms with Crippen LogP contribution in [0.1, 0.15) is 60.2 Å². The third-order valence-corrected chi connectivity index (χ3v) is 6.16. The summed E-state index contributed by atoms with van der Waals surface area (Å²) in [5.74, 6) is 1.59. The Morgan fingerprint density at radius 3 is 2.47 bits per heavy atom. The highest BCUT2D eigenvalue weighted by atomic mass is 16.3. The van der Waals surface area contributed by atoms with Crippen molar-refractivity contribution in [1.29, 1.82) is 0 Å². The molecule has 0 saturated carbocycles. The summed E-state index contributed by atoms with van der Waals surface area (Å²) in [6.07, 6.45) is 1.22. The third kappa shape index (κ3) is 3.64. The van der Waals surface area contributed by atoms with Crippen molar-refractivity contribution in [2.24, 2.45) is 5.41 Å². The molecule has 5 heteroatoms. The summed E-state index contributed by atoms with van der Waals surface area (Å²) in [6, 6.07) is 18.3. The van der Waals surface area contributed by atoms with Gasteiger partial charge in [-0.05, 0) is 49.1 Å². The zero-order chi connectivity index (χ0) is 22.5. The van der Waals surface area contributed by atoms with E-state index in [1.807, 2.05) is 67.6 Å². The van der Waals surface area contributed by atoms with Gasteiger partial charge in [-0.15, -0.1) is 0 Å². The predicted octanol–water partition coefficient (Wildman–Crippen LogP) is 6.04. The second-order valence-corrected chi connectivity index (χ2v) is 9.44. The monoisotopic (exact) mass is 426 g/mol. The van der Waals surface area contributed by atoms with Crippen molar-refractivity contribution < 1.29 is 14.0 Å². The van der Waals surface area contributed by atoms with Crippen LogP contribution in [-0.2, 0) is 4.79 Å². The van der Waals surface area contributed by atoms with E-state index in [2.05, 4.69) is 24.5 Å². The number of allylic oxidation sites excluding steroid dienone is 1. The molecule has 0 spiro atoms. The Morgan fingerprint density at radius 2 is 1.75 bits per heavy atom. The van der Waals surface area contributed by atoms with E-state index >= 15 is 0 Å². The first-order valence-corrected chi connectivity index (χ1v) is 10.9. The molecule has 3 aromatic rings. The zero-order valence-corrected chi connectivity index (χ0v) is 18.5. The Kier molecular flexibility index (Phi) is 4.77. The molecule has 0 fully saturated rings. The largest absolute Gasteiger partial charge is 0.464 e. The van der Waals surface area contributed by atoms with Crippen LogP contribution in [0.25, 0.3) is 0 Å². The van der Waals surface area contributed by atoms with E-state index in [-0.39, 0.29) is 23.0 Å². The number of benzene rings is 2. The van der Waals surface area contributed by atoms with Crippen LogP contribution >= 0.6 is 0 Å². The van der Waals surface area contributed by atoms with Gasteiger partial charge in [0, 0.05) is 28.8 Å². The molecule has 5 rings (SSSR count). The summed E-state index contributed by atoms with van der Waals surface area (Å²) in [5, 5.41) is 7.01. The highest BCUT2D eigenvalue weighted by Crippen LogP contribution is 2.45. The van der Waals surface area contributed by atoms with Crippen LogP contribution in [0.15, 0.2) is 76.4 Å². The van der Waals surface area contributed by atoms with Crippen molar-refractivity contribution in [3.05, 3.63) is 94.6 Å². The lowest BCUT2D eigenvalue weighted by Crippen LogP contribution is -2.31. The minimum atomic E-state index is -0.383. The molecule has 0 radical (unpaired) electrons. The van der Waals surface area contributed by atoms with Gasteiger partial charge >= 0.3 is 0 Å². The van der Waals surface area contributed by atoms with Gasteiger partial charge in [-0.25, -0.2) is 0 Å². The molecular formula is C27H26N2O3. The maximum absolute atomic E-state index is 13.3. The molecule has 0 amide bonds. The standard InChI is InChI=1S/C27H26N2O3/c1-16-9-12-23(32-16)25-24-21(14-27(2,3)15-22(24)30)28-20-13-18(10-11-19(20)29-25)26(31)17-7-5-4-6-8-17/h4-13,25,28-29H,14-15H2,1-3H3/t25-/m1/s1. The maximum atomic E-state index is 13.3. The van der Waals surface area contributed by atoms with Crippen molar-refractivity contribution in [1.82, 2.24) is 0 Å². The summed E-state index contributed by atoms with van der Waals surface area (Å²) in [5.41, 5.74) is 4.32. The molecule has 0 bridgehead atoms. The molecular weight excluding hydrogens is 400 g/mol. The van der Waals surface area contributed by atoms with Crippen LogP contribution in [0.5, 0.6) is 0 Å². The molecule has 5 nitrogen and oxygen atoms in total. The van der Waals surface area contributed by atoms with Crippen LogP contribution in [0.3, 0.4) is 0 Å². The van der Waals surface area contributed by atoms with E-state index in [0.717, 1.165) is 29.3 Å². The number of Topliss-reactive ketones (excluding diaryl/α,β-unsaturated/α-hetero) is 1. The molecule has 2 heterocycles. The van der Waals surface area contributed by atoms with E-state index in [1.165, 1.54) is 0 Å². The number of aryl methyl sites for hydroxylation is 1. The number of hydrogen-bond donors (Lipinski definition) is 2. The average molecular weight is 427 g/mol. The van der Waals surface area contributed by atoms with Crippen molar-refractivity contribution in [3.63, 3.8) is 0 Å². The Labute approximate surface area is 187 Å². The molecule has 2 aromatic carbocycles. The SMILES string of the molecule is Cc1ccc([C@H]2Nc3ccc(C(=O)c4ccccc4)cc3NC3=C2C(=O)CC(C)(C)C3)o1. The number of carbonyl (C=O) groups excluding carboxylic acids is 2. The van der Waals surface area contributed by atoms with Crippen LogP contribution < -0.4 is 10.6 Å². The third-order valence-electron chi connectivity index (χ3n) is 6.16. The number of carbonyl (C=O) groups is 2. The maximum Gasteiger partial charge on any atom is 0.193 e. The van der Waals surface area contributed by atoms with E-state index in [9.17, 15) is 9.59 Å². The summed E-state index contributed by atoms with van der Waals surface area (Å²) in [7, 11) is 0. The van der Waals surface area contributed by atoms with Gasteiger partial charge in [0.15, 0.2) is 11.6 Å². The second-order valence-electron chi connectivity index (χ2n) is 9.44. The number of furan rings is 1. The van der Waals surface area contributed by atoms with E-state index < -0.39 is 0 Å². The van der Waals surface area contributed by atoms with Crippen molar-refractivity contribution in [2.45, 2.75) is 39.7 Å². The molecule has 1 atom stereocenters. The van der Waals surface area contributed by atoms with Gasteiger partial charge in [0.2, 0.25) is 0 Å². The first-order valence-electron chi connectivity index (χ1n) is 10.9. The van der Waals surface area contributed by atoms with Crippen molar-refractivity contribution in [3.8, 4) is 0 Å². The number of hydrogen-bond acceptors (Lipinski definition) is 5. The lowest BCUT2D eigenvalue weighted by molar-refractivity contribution is -0.118. The van der Waals surface area contributed by atoms with Gasteiger partial charge in [-0.3, -0.25) is 9.59 Å². The topological polar surface area (TPSA) is 71.3 Å². The van der Waals surface area contributed by atoms with Crippen molar-refractivity contribution >= 4 is 22.9 Å². The zero-order valence-electron chi connectivity index (χ0n) is 18.5. The Bertz CT molecular complexity index is 1250. The fourth-order valence-corrected chi connectivity index (χ4v) is 4.66. The van der Waals surface area contributed by atoms with Crippen LogP contribution in [0.2, 0.25) is 0 Å². The summed E-state index contributed by atoms with van der Waals surface area (Å²) in [4.78, 5) is 26.3. The van der Waals surface area contributed by atoms with Gasteiger partial charge in [-0.2, -0.15) is 0 Å². The smallest absolute Gasteiger partial charge is 0.193 e. The molecule has 1 aliphatic carbocycles. The quantitative estimate of drug-likeness (QED) is 0.500. The molecule has 2 aliphatic rings. The number of rotatable bonds is 3. The Balaban J connectivity index is 1.60. The summed E-state index contributed by atoms with van der Waals surface area (Å²) in [6.45, 7) is 6.11. The van der Waals surface area contributed by atoms with Gasteiger partial charge in [0.25, 0.3) is 0 Å².